The summed E-state index contributed by atoms with van der Waals surface area (Å²) in [5.41, 5.74) is -1.09. The van der Waals surface area contributed by atoms with E-state index in [0.717, 1.165) is 37.5 Å². The van der Waals surface area contributed by atoms with Gasteiger partial charge in [0.05, 0.1) is 10.5 Å². The molecule has 0 aromatic heterocycles. The summed E-state index contributed by atoms with van der Waals surface area (Å²) in [6, 6.07) is 2.78. The van der Waals surface area contributed by atoms with E-state index < -0.39 is 32.9 Å². The summed E-state index contributed by atoms with van der Waals surface area (Å²) in [7, 11) is -3.84. The fraction of sp³-hybridized carbons (Fsp3) is 0.462. The van der Waals surface area contributed by atoms with Crippen molar-refractivity contribution < 1.29 is 22.7 Å². The fourth-order valence-corrected chi connectivity index (χ4v) is 3.87. The lowest BCUT2D eigenvalue weighted by molar-refractivity contribution is 0.0691. The smallest absolute Gasteiger partial charge is 0.338 e. The SMILES string of the molecule is CCC1(NS(=O)(=O)c2ccc(F)c(C(=O)O)c2)CCC1. The third-order valence-corrected chi connectivity index (χ3v) is 5.39. The predicted molar refractivity (Wildman–Crippen MR) is 70.6 cm³/mol. The second kappa shape index (κ2) is 5.14. The maximum atomic E-state index is 13.3. The number of sulfonamides is 1. The van der Waals surface area contributed by atoms with E-state index >= 15 is 0 Å². The first-order chi connectivity index (χ1) is 9.30. The highest BCUT2D eigenvalue weighted by molar-refractivity contribution is 7.89. The van der Waals surface area contributed by atoms with Gasteiger partial charge in [-0.3, -0.25) is 0 Å². The standard InChI is InChI=1S/C13H16FNO4S/c1-2-13(6-3-7-13)15-20(18,19)9-4-5-11(14)10(8-9)12(16)17/h4-5,8,15H,2-3,6-7H2,1H3,(H,16,17). The highest BCUT2D eigenvalue weighted by atomic mass is 32.2. The van der Waals surface area contributed by atoms with Crippen molar-refractivity contribution in [3.63, 3.8) is 0 Å². The van der Waals surface area contributed by atoms with Crippen molar-refractivity contribution in [2.45, 2.75) is 43.0 Å². The van der Waals surface area contributed by atoms with E-state index in [1.807, 2.05) is 6.92 Å². The molecule has 0 spiro atoms. The van der Waals surface area contributed by atoms with Gasteiger partial charge < -0.3 is 5.11 Å². The van der Waals surface area contributed by atoms with Gasteiger partial charge in [-0.2, -0.15) is 0 Å². The molecule has 0 amide bonds. The Morgan fingerprint density at radius 2 is 2.10 bits per heavy atom. The lowest BCUT2D eigenvalue weighted by Crippen LogP contribution is -2.52. The van der Waals surface area contributed by atoms with Crippen molar-refractivity contribution in [1.82, 2.24) is 4.72 Å². The number of carboxylic acids is 1. The van der Waals surface area contributed by atoms with Crippen LogP contribution in [0.15, 0.2) is 23.1 Å². The number of rotatable bonds is 5. The van der Waals surface area contributed by atoms with Gasteiger partial charge in [0.15, 0.2) is 0 Å². The van der Waals surface area contributed by atoms with Crippen LogP contribution in [0, 0.1) is 5.82 Å². The highest BCUT2D eigenvalue weighted by Gasteiger charge is 2.39. The number of carbonyl (C=O) groups is 1. The minimum atomic E-state index is -3.84. The quantitative estimate of drug-likeness (QED) is 0.872. The van der Waals surface area contributed by atoms with E-state index in [2.05, 4.69) is 4.72 Å². The van der Waals surface area contributed by atoms with Crippen molar-refractivity contribution in [3.8, 4) is 0 Å². The first-order valence-electron chi connectivity index (χ1n) is 6.36. The van der Waals surface area contributed by atoms with Crippen molar-refractivity contribution in [1.29, 1.82) is 0 Å². The molecule has 1 aromatic carbocycles. The Morgan fingerprint density at radius 1 is 1.45 bits per heavy atom. The van der Waals surface area contributed by atoms with E-state index in [1.54, 1.807) is 0 Å². The van der Waals surface area contributed by atoms with Crippen LogP contribution < -0.4 is 4.72 Å². The van der Waals surface area contributed by atoms with Crippen LogP contribution in [0.3, 0.4) is 0 Å². The summed E-state index contributed by atoms with van der Waals surface area (Å²) in [5.74, 6) is -2.45. The molecule has 2 rings (SSSR count). The fourth-order valence-electron chi connectivity index (χ4n) is 2.31. The monoisotopic (exact) mass is 301 g/mol. The topological polar surface area (TPSA) is 83.5 Å². The van der Waals surface area contributed by atoms with Crippen LogP contribution >= 0.6 is 0 Å². The Bertz CT molecular complexity index is 632. The van der Waals surface area contributed by atoms with Gasteiger partial charge in [0.1, 0.15) is 5.82 Å². The molecule has 7 heteroatoms. The zero-order valence-electron chi connectivity index (χ0n) is 11.0. The van der Waals surface area contributed by atoms with Gasteiger partial charge in [0.25, 0.3) is 0 Å². The minimum absolute atomic E-state index is 0.226. The van der Waals surface area contributed by atoms with E-state index in [0.29, 0.717) is 6.42 Å². The molecule has 0 heterocycles. The van der Waals surface area contributed by atoms with Crippen LogP contribution in [0.25, 0.3) is 0 Å². The maximum Gasteiger partial charge on any atom is 0.338 e. The first-order valence-corrected chi connectivity index (χ1v) is 7.85. The molecule has 1 aliphatic rings. The zero-order valence-corrected chi connectivity index (χ0v) is 11.8. The molecule has 0 unspecified atom stereocenters. The number of aromatic carboxylic acids is 1. The largest absolute Gasteiger partial charge is 0.478 e. The molecule has 1 fully saturated rings. The molecule has 20 heavy (non-hydrogen) atoms. The Kier molecular flexibility index (Phi) is 3.84. The third kappa shape index (κ3) is 2.69. The zero-order chi connectivity index (χ0) is 15.0. The lowest BCUT2D eigenvalue weighted by Gasteiger charge is -2.41. The minimum Gasteiger partial charge on any atom is -0.478 e. The molecule has 2 N–H and O–H groups in total. The molecular formula is C13H16FNO4S. The molecule has 0 atom stereocenters. The average Bonchev–Trinajstić information content (AvgIpc) is 2.34. The van der Waals surface area contributed by atoms with E-state index in [-0.39, 0.29) is 4.90 Å². The van der Waals surface area contributed by atoms with Crippen molar-refractivity contribution in [2.75, 3.05) is 0 Å². The summed E-state index contributed by atoms with van der Waals surface area (Å²) in [5, 5.41) is 8.84. The summed E-state index contributed by atoms with van der Waals surface area (Å²) in [4.78, 5) is 10.6. The second-order valence-corrected chi connectivity index (χ2v) is 6.72. The van der Waals surface area contributed by atoms with Gasteiger partial charge in [-0.05, 0) is 43.9 Å². The number of hydrogen-bond donors (Lipinski definition) is 2. The molecule has 1 aliphatic carbocycles. The average molecular weight is 301 g/mol. The van der Waals surface area contributed by atoms with Gasteiger partial charge in [0.2, 0.25) is 10.0 Å². The molecule has 0 radical (unpaired) electrons. The molecule has 0 saturated heterocycles. The van der Waals surface area contributed by atoms with E-state index in [1.165, 1.54) is 0 Å². The van der Waals surface area contributed by atoms with E-state index in [9.17, 15) is 17.6 Å². The van der Waals surface area contributed by atoms with Gasteiger partial charge in [-0.25, -0.2) is 22.3 Å². The molecule has 0 bridgehead atoms. The Morgan fingerprint density at radius 3 is 2.55 bits per heavy atom. The molecule has 110 valence electrons. The van der Waals surface area contributed by atoms with Crippen molar-refractivity contribution >= 4 is 16.0 Å². The number of hydrogen-bond acceptors (Lipinski definition) is 3. The molecule has 5 nitrogen and oxygen atoms in total. The first kappa shape index (κ1) is 14.9. The Balaban J connectivity index is 2.35. The molecular weight excluding hydrogens is 285 g/mol. The summed E-state index contributed by atoms with van der Waals surface area (Å²) in [6.45, 7) is 1.90. The van der Waals surface area contributed by atoms with Gasteiger partial charge in [-0.15, -0.1) is 0 Å². The number of carboxylic acid groups (broad SMARTS) is 1. The summed E-state index contributed by atoms with van der Waals surface area (Å²) < 4.78 is 40.4. The van der Waals surface area contributed by atoms with Crippen LogP contribution in [-0.2, 0) is 10.0 Å². The van der Waals surface area contributed by atoms with Gasteiger partial charge in [0, 0.05) is 5.54 Å². The molecule has 1 saturated carbocycles. The van der Waals surface area contributed by atoms with Crippen LogP contribution in [0.1, 0.15) is 43.0 Å². The molecule has 1 aromatic rings. The predicted octanol–water partition coefficient (Wildman–Crippen LogP) is 2.13. The Hall–Kier alpha value is -1.47. The van der Waals surface area contributed by atoms with Gasteiger partial charge in [-0.1, -0.05) is 6.92 Å². The number of benzene rings is 1. The second-order valence-electron chi connectivity index (χ2n) is 5.04. The van der Waals surface area contributed by atoms with E-state index in [4.69, 9.17) is 5.11 Å². The lowest BCUT2D eigenvalue weighted by atomic mass is 9.76. The number of halogens is 1. The maximum absolute atomic E-state index is 13.3. The number of nitrogens with one attached hydrogen (secondary N) is 1. The molecule has 0 aliphatic heterocycles. The third-order valence-electron chi connectivity index (χ3n) is 3.82. The van der Waals surface area contributed by atoms with Crippen LogP contribution in [-0.4, -0.2) is 25.0 Å². The van der Waals surface area contributed by atoms with Crippen molar-refractivity contribution in [2.24, 2.45) is 0 Å². The summed E-state index contributed by atoms with van der Waals surface area (Å²) >= 11 is 0. The van der Waals surface area contributed by atoms with Gasteiger partial charge >= 0.3 is 5.97 Å². The van der Waals surface area contributed by atoms with Crippen LogP contribution in [0.4, 0.5) is 4.39 Å². The van der Waals surface area contributed by atoms with Crippen LogP contribution in [0.2, 0.25) is 0 Å². The Labute approximate surface area is 116 Å². The van der Waals surface area contributed by atoms with Crippen LogP contribution in [0.5, 0.6) is 0 Å². The normalized spacial score (nSPS) is 17.5. The summed E-state index contributed by atoms with van der Waals surface area (Å²) in [6.07, 6.45) is 3.14. The highest BCUT2D eigenvalue weighted by Crippen LogP contribution is 2.36. The van der Waals surface area contributed by atoms with Crippen molar-refractivity contribution in [3.05, 3.63) is 29.6 Å².